The van der Waals surface area contributed by atoms with E-state index in [2.05, 4.69) is 65.7 Å². The van der Waals surface area contributed by atoms with Gasteiger partial charge in [0.15, 0.2) is 0 Å². The highest BCUT2D eigenvalue weighted by Gasteiger charge is 2.49. The van der Waals surface area contributed by atoms with Crippen LogP contribution in [0.25, 0.3) is 22.4 Å². The molecular weight excluding hydrogens is 716 g/mol. The smallest absolute Gasteiger partial charge is 0.310 e. The molecule has 4 heterocycles. The number of hydrogen-bond acceptors (Lipinski definition) is 9. The first-order chi connectivity index (χ1) is 26.7. The zero-order valence-corrected chi connectivity index (χ0v) is 32.6. The quantitative estimate of drug-likeness (QED) is 0.138. The number of ketones is 1. The number of Topliss-reactive ketones (excluding diaryl/α,β-unsaturated/α-hetero) is 1. The minimum atomic E-state index is -0.701. The number of carboxylic acid groups (broad SMARTS) is 1. The van der Waals surface area contributed by atoms with Gasteiger partial charge in [-0.15, -0.1) is 0 Å². The Morgan fingerprint density at radius 2 is 1.67 bits per heavy atom. The fraction of sp³-hybridized carbons (Fsp3) is 0.455. The molecule has 0 unspecified atom stereocenters. The number of piperidine rings is 2. The van der Waals surface area contributed by atoms with Gasteiger partial charge in [-0.05, 0) is 104 Å². The number of aliphatic carboxylic acids is 1. The Hall–Kier alpha value is -4.51. The largest absolute Gasteiger partial charge is 0.481 e. The maximum Gasteiger partial charge on any atom is 0.310 e. The highest BCUT2D eigenvalue weighted by molar-refractivity contribution is 6.31. The number of halogens is 1. The SMILES string of the molecule is COc1nc(-c2cccc(-c3cccc4c3CC[C@@H]4Oc3nc(OC)c(CN4CC5(C(=O)O)CCC4CC5)cc3Cl)c2C)ccc1CNC[C@@H]1CCC(=O)C1. The van der Waals surface area contributed by atoms with Crippen LogP contribution in [0.1, 0.15) is 85.3 Å². The van der Waals surface area contributed by atoms with Gasteiger partial charge >= 0.3 is 5.97 Å². The zero-order valence-electron chi connectivity index (χ0n) is 31.8. The van der Waals surface area contributed by atoms with Crippen molar-refractivity contribution in [3.8, 4) is 40.0 Å². The van der Waals surface area contributed by atoms with Crippen molar-refractivity contribution >= 4 is 23.4 Å². The van der Waals surface area contributed by atoms with Crippen LogP contribution in [0.5, 0.6) is 17.6 Å². The molecule has 0 radical (unpaired) electrons. The van der Waals surface area contributed by atoms with Gasteiger partial charge in [-0.2, -0.15) is 4.98 Å². The maximum atomic E-state index is 12.2. The number of ether oxygens (including phenoxy) is 3. The fourth-order valence-electron chi connectivity index (χ4n) is 9.49. The minimum absolute atomic E-state index is 0.228. The number of aromatic nitrogens is 2. The van der Waals surface area contributed by atoms with Crippen LogP contribution in [-0.4, -0.2) is 65.1 Å². The van der Waals surface area contributed by atoms with E-state index in [1.807, 2.05) is 6.07 Å². The molecule has 55 heavy (non-hydrogen) atoms. The molecule has 0 spiro atoms. The molecule has 2 atom stereocenters. The number of nitrogens with one attached hydrogen (secondary N) is 1. The van der Waals surface area contributed by atoms with E-state index in [1.54, 1.807) is 14.2 Å². The number of pyridine rings is 2. The van der Waals surface area contributed by atoms with E-state index in [-0.39, 0.29) is 6.10 Å². The second kappa shape index (κ2) is 15.6. The Bertz CT molecular complexity index is 2110. The van der Waals surface area contributed by atoms with Crippen molar-refractivity contribution in [3.05, 3.63) is 87.4 Å². The van der Waals surface area contributed by atoms with E-state index in [9.17, 15) is 14.7 Å². The Labute approximate surface area is 327 Å². The van der Waals surface area contributed by atoms with Crippen molar-refractivity contribution < 1.29 is 28.9 Å². The second-order valence-electron chi connectivity index (χ2n) is 15.8. The van der Waals surface area contributed by atoms with Crippen molar-refractivity contribution in [2.45, 2.75) is 89.9 Å². The number of methoxy groups -OCH3 is 2. The van der Waals surface area contributed by atoms with E-state index in [0.29, 0.717) is 72.9 Å². The monoisotopic (exact) mass is 764 g/mol. The first kappa shape index (κ1) is 37.4. The summed E-state index contributed by atoms with van der Waals surface area (Å²) in [7, 11) is 3.25. The summed E-state index contributed by atoms with van der Waals surface area (Å²) in [6, 6.07) is 19.1. The van der Waals surface area contributed by atoms with Crippen LogP contribution in [0.2, 0.25) is 5.02 Å². The third-order valence-corrected chi connectivity index (χ3v) is 12.8. The van der Waals surface area contributed by atoms with Crippen LogP contribution in [0, 0.1) is 18.3 Å². The number of hydrogen-bond donors (Lipinski definition) is 2. The molecule has 288 valence electrons. The number of carbonyl (C=O) groups excluding carboxylic acids is 1. The lowest BCUT2D eigenvalue weighted by Crippen LogP contribution is -2.56. The molecule has 4 fully saturated rings. The number of fused-ring (bicyclic) bond motifs is 4. The second-order valence-corrected chi connectivity index (χ2v) is 16.2. The lowest BCUT2D eigenvalue weighted by molar-refractivity contribution is -0.160. The van der Waals surface area contributed by atoms with Gasteiger partial charge in [0.25, 0.3) is 0 Å². The number of carbonyl (C=O) groups is 2. The summed E-state index contributed by atoms with van der Waals surface area (Å²) in [5.74, 6) is 1.44. The average Bonchev–Trinajstić information content (AvgIpc) is 3.81. The van der Waals surface area contributed by atoms with Crippen molar-refractivity contribution in [1.82, 2.24) is 20.2 Å². The predicted molar refractivity (Wildman–Crippen MR) is 211 cm³/mol. The number of benzene rings is 2. The molecule has 4 aromatic rings. The molecule has 2 saturated carbocycles. The molecule has 10 nitrogen and oxygen atoms in total. The Balaban J connectivity index is 0.994. The molecule has 0 amide bonds. The Morgan fingerprint density at radius 1 is 0.927 bits per heavy atom. The van der Waals surface area contributed by atoms with Gasteiger partial charge in [0, 0.05) is 55.2 Å². The first-order valence-corrected chi connectivity index (χ1v) is 19.9. The molecule has 2 bridgehead atoms. The van der Waals surface area contributed by atoms with E-state index >= 15 is 0 Å². The van der Waals surface area contributed by atoms with Gasteiger partial charge in [0.2, 0.25) is 17.6 Å². The molecule has 11 heteroatoms. The summed E-state index contributed by atoms with van der Waals surface area (Å²) in [5.41, 5.74) is 8.84. The lowest BCUT2D eigenvalue weighted by Gasteiger charge is -2.50. The molecule has 2 aromatic carbocycles. The maximum absolute atomic E-state index is 12.2. The van der Waals surface area contributed by atoms with Gasteiger partial charge < -0.3 is 24.6 Å². The summed E-state index contributed by atoms with van der Waals surface area (Å²) in [6.07, 6.45) is 6.95. The highest BCUT2D eigenvalue weighted by Crippen LogP contribution is 2.47. The topological polar surface area (TPSA) is 123 Å². The average molecular weight is 765 g/mol. The number of rotatable bonds is 13. The lowest BCUT2D eigenvalue weighted by atomic mass is 9.67. The Morgan fingerprint density at radius 3 is 2.42 bits per heavy atom. The molecule has 3 aliphatic carbocycles. The van der Waals surface area contributed by atoms with E-state index in [4.69, 9.17) is 35.8 Å². The van der Waals surface area contributed by atoms with Gasteiger partial charge in [-0.25, -0.2) is 4.98 Å². The van der Waals surface area contributed by atoms with Crippen LogP contribution >= 0.6 is 11.6 Å². The van der Waals surface area contributed by atoms with Crippen LogP contribution in [0.4, 0.5) is 0 Å². The van der Waals surface area contributed by atoms with Crippen molar-refractivity contribution in [1.29, 1.82) is 0 Å². The van der Waals surface area contributed by atoms with Crippen LogP contribution in [0.15, 0.2) is 54.6 Å². The summed E-state index contributed by atoms with van der Waals surface area (Å²) >= 11 is 6.86. The molecule has 2 saturated heterocycles. The van der Waals surface area contributed by atoms with E-state index in [0.717, 1.165) is 90.6 Å². The van der Waals surface area contributed by atoms with Gasteiger partial charge in [0.1, 0.15) is 16.9 Å². The third-order valence-electron chi connectivity index (χ3n) is 12.5. The summed E-state index contributed by atoms with van der Waals surface area (Å²) in [5, 5.41) is 13.9. The van der Waals surface area contributed by atoms with E-state index in [1.165, 1.54) is 11.1 Å². The van der Waals surface area contributed by atoms with Gasteiger partial charge in [0.05, 0.1) is 25.3 Å². The highest BCUT2D eigenvalue weighted by atomic mass is 35.5. The fourth-order valence-corrected chi connectivity index (χ4v) is 9.70. The Kier molecular flexibility index (Phi) is 10.6. The van der Waals surface area contributed by atoms with Crippen molar-refractivity contribution in [2.75, 3.05) is 27.3 Å². The van der Waals surface area contributed by atoms with Crippen molar-refractivity contribution in [2.24, 2.45) is 11.3 Å². The van der Waals surface area contributed by atoms with Crippen LogP contribution < -0.4 is 19.5 Å². The van der Waals surface area contributed by atoms with Gasteiger partial charge in [-0.3, -0.25) is 14.5 Å². The summed E-state index contributed by atoms with van der Waals surface area (Å²) in [6.45, 7) is 4.64. The molecule has 2 aliphatic heterocycles. The van der Waals surface area contributed by atoms with Crippen LogP contribution in [0.3, 0.4) is 0 Å². The zero-order chi connectivity index (χ0) is 38.3. The molecule has 2 aromatic heterocycles. The van der Waals surface area contributed by atoms with Crippen molar-refractivity contribution in [3.63, 3.8) is 0 Å². The third kappa shape index (κ3) is 7.32. The molecular formula is C44H49ClN4O6. The van der Waals surface area contributed by atoms with E-state index < -0.39 is 11.4 Å². The summed E-state index contributed by atoms with van der Waals surface area (Å²) in [4.78, 5) is 35.8. The molecule has 5 aliphatic rings. The number of carboxylic acids is 1. The minimum Gasteiger partial charge on any atom is -0.481 e. The molecule has 2 N–H and O–H groups in total. The molecule has 9 rings (SSSR count). The predicted octanol–water partition coefficient (Wildman–Crippen LogP) is 8.14. The standard InChI is InChI=1S/C44H49ClN4O6/c1-26-32(6-4-7-33(26)38-14-11-28(40(47-38)53-2)23-46-22-27-10-12-31(50)20-27)34-8-5-9-36-35(34)13-15-39(36)55-42-37(45)21-29(41(48-42)54-3)24-49-25-44(43(51)52)18-16-30(49)17-19-44/h4-9,11,14,21,27,30,39,46H,10,12-13,15-20,22-25H2,1-3H3,(H,51,52)/t27-,30?,39+,44?/m1/s1. The summed E-state index contributed by atoms with van der Waals surface area (Å²) < 4.78 is 18.1. The number of nitrogens with zero attached hydrogens (tertiary/aromatic N) is 3. The van der Waals surface area contributed by atoms with Gasteiger partial charge in [-0.1, -0.05) is 54.1 Å². The normalized spacial score (nSPS) is 23.2. The van der Waals surface area contributed by atoms with Crippen LogP contribution in [-0.2, 0) is 29.1 Å². The first-order valence-electron chi connectivity index (χ1n) is 19.5.